The van der Waals surface area contributed by atoms with E-state index in [1.165, 1.54) is 6.07 Å². The van der Waals surface area contributed by atoms with E-state index in [4.69, 9.17) is 0 Å². The van der Waals surface area contributed by atoms with Crippen molar-refractivity contribution in [1.29, 1.82) is 0 Å². The number of halogens is 2. The number of aryl methyl sites for hydroxylation is 1. The fourth-order valence-corrected chi connectivity index (χ4v) is 2.88. The van der Waals surface area contributed by atoms with Crippen LogP contribution in [0.4, 0.5) is 8.78 Å². The molecule has 3 rings (SSSR count). The summed E-state index contributed by atoms with van der Waals surface area (Å²) in [4.78, 5) is 6.35. The van der Waals surface area contributed by atoms with E-state index in [1.54, 1.807) is 6.07 Å². The Balaban J connectivity index is 1.80. The number of H-pyrrole nitrogens is 1. The largest absolute Gasteiger partial charge is 0.392 e. The molecule has 1 saturated heterocycles. The van der Waals surface area contributed by atoms with Gasteiger partial charge in [-0.3, -0.25) is 10.00 Å². The topological polar surface area (TPSA) is 65.0 Å². The van der Waals surface area contributed by atoms with Crippen LogP contribution in [0.15, 0.2) is 18.2 Å². The van der Waals surface area contributed by atoms with Crippen molar-refractivity contribution in [3.63, 3.8) is 0 Å². The molecule has 7 heteroatoms. The molecule has 0 spiro atoms. The Kier molecular flexibility index (Phi) is 4.17. The van der Waals surface area contributed by atoms with Gasteiger partial charge in [0, 0.05) is 19.0 Å². The van der Waals surface area contributed by atoms with Crippen LogP contribution < -0.4 is 0 Å². The second-order valence-electron chi connectivity index (χ2n) is 5.56. The Hall–Kier alpha value is -1.86. The molecule has 2 atom stereocenters. The highest BCUT2D eigenvalue weighted by molar-refractivity contribution is 5.23. The number of rotatable bonds is 4. The molecule has 5 nitrogen and oxygen atoms in total. The molecule has 2 N–H and O–H groups in total. The third-order valence-electron chi connectivity index (χ3n) is 3.96. The number of aliphatic hydroxyl groups excluding tert-OH is 1. The molecule has 1 aromatic carbocycles. The van der Waals surface area contributed by atoms with Crippen LogP contribution in [0, 0.1) is 11.6 Å². The predicted octanol–water partition coefficient (Wildman–Crippen LogP) is 1.95. The first-order valence-corrected chi connectivity index (χ1v) is 7.34. The number of hydrogen-bond acceptors (Lipinski definition) is 4. The predicted molar refractivity (Wildman–Crippen MR) is 75.9 cm³/mol. The maximum Gasteiger partial charge on any atom is 0.159 e. The normalized spacial score (nSPS) is 22.4. The van der Waals surface area contributed by atoms with Gasteiger partial charge in [0.2, 0.25) is 0 Å². The summed E-state index contributed by atoms with van der Waals surface area (Å²) in [5.41, 5.74) is 0.658. The van der Waals surface area contributed by atoms with Crippen LogP contribution in [-0.4, -0.2) is 37.8 Å². The van der Waals surface area contributed by atoms with E-state index >= 15 is 0 Å². The summed E-state index contributed by atoms with van der Waals surface area (Å²) < 4.78 is 26.5. The molecule has 0 aliphatic carbocycles. The van der Waals surface area contributed by atoms with Gasteiger partial charge in [-0.1, -0.05) is 13.0 Å². The first-order valence-electron chi connectivity index (χ1n) is 7.34. The van der Waals surface area contributed by atoms with Crippen molar-refractivity contribution in [2.45, 2.75) is 38.5 Å². The minimum absolute atomic E-state index is 0.166. The maximum absolute atomic E-state index is 13.4. The Morgan fingerprint density at radius 1 is 1.36 bits per heavy atom. The van der Waals surface area contributed by atoms with Crippen LogP contribution in [0.3, 0.4) is 0 Å². The average Bonchev–Trinajstić information content (AvgIpc) is 3.09. The molecule has 118 valence electrons. The highest BCUT2D eigenvalue weighted by Crippen LogP contribution is 2.33. The van der Waals surface area contributed by atoms with Crippen LogP contribution in [0.2, 0.25) is 0 Å². The summed E-state index contributed by atoms with van der Waals surface area (Å²) in [5.74, 6) is -0.291. The third kappa shape index (κ3) is 3.00. The van der Waals surface area contributed by atoms with Gasteiger partial charge >= 0.3 is 0 Å². The number of benzene rings is 1. The molecular weight excluding hydrogens is 290 g/mol. The number of nitrogens with one attached hydrogen (secondary N) is 1. The summed E-state index contributed by atoms with van der Waals surface area (Å²) in [5, 5.41) is 16.9. The highest BCUT2D eigenvalue weighted by Gasteiger charge is 2.33. The second-order valence-corrected chi connectivity index (χ2v) is 5.56. The van der Waals surface area contributed by atoms with Crippen LogP contribution >= 0.6 is 0 Å². The van der Waals surface area contributed by atoms with Gasteiger partial charge < -0.3 is 5.11 Å². The van der Waals surface area contributed by atoms with Crippen LogP contribution in [0.5, 0.6) is 0 Å². The maximum atomic E-state index is 13.4. The average molecular weight is 308 g/mol. The molecule has 0 amide bonds. The number of likely N-dealkylation sites (tertiary alicyclic amines) is 1. The monoisotopic (exact) mass is 308 g/mol. The van der Waals surface area contributed by atoms with Crippen molar-refractivity contribution < 1.29 is 13.9 Å². The van der Waals surface area contributed by atoms with Gasteiger partial charge in [-0.2, -0.15) is 5.10 Å². The molecular formula is C15H18F2N4O. The molecule has 1 aliphatic rings. The number of β-amino-alcohol motifs (C(OH)–C–C–N with tert-alkyl or cyclic N) is 1. The van der Waals surface area contributed by atoms with Crippen LogP contribution in [-0.2, 0) is 13.0 Å². The molecule has 1 aromatic heterocycles. The first-order chi connectivity index (χ1) is 10.6. The van der Waals surface area contributed by atoms with Crippen molar-refractivity contribution in [1.82, 2.24) is 20.1 Å². The summed E-state index contributed by atoms with van der Waals surface area (Å²) in [6.07, 6.45) is 0.734. The van der Waals surface area contributed by atoms with E-state index in [2.05, 4.69) is 15.2 Å². The number of nitrogens with zero attached hydrogens (tertiary/aromatic N) is 3. The van der Waals surface area contributed by atoms with Gasteiger partial charge in [0.15, 0.2) is 11.6 Å². The number of hydrogen-bond donors (Lipinski definition) is 2. The van der Waals surface area contributed by atoms with Crippen LogP contribution in [0.25, 0.3) is 0 Å². The number of aromatic nitrogens is 3. The molecule has 0 unspecified atom stereocenters. The van der Waals surface area contributed by atoms with Gasteiger partial charge in [0.1, 0.15) is 11.6 Å². The van der Waals surface area contributed by atoms with E-state index in [0.717, 1.165) is 18.3 Å². The van der Waals surface area contributed by atoms with E-state index in [-0.39, 0.29) is 6.04 Å². The Bertz CT molecular complexity index is 661. The van der Waals surface area contributed by atoms with E-state index < -0.39 is 17.7 Å². The minimum atomic E-state index is -0.869. The van der Waals surface area contributed by atoms with Gasteiger partial charge in [-0.25, -0.2) is 13.8 Å². The fraction of sp³-hybridized carbons (Fsp3) is 0.467. The Labute approximate surface area is 127 Å². The molecule has 1 fully saturated rings. The van der Waals surface area contributed by atoms with Crippen molar-refractivity contribution in [2.24, 2.45) is 0 Å². The number of aliphatic hydroxyl groups is 1. The summed E-state index contributed by atoms with van der Waals surface area (Å²) in [6.45, 7) is 2.91. The quantitative estimate of drug-likeness (QED) is 0.906. The van der Waals surface area contributed by atoms with Gasteiger partial charge in [-0.05, 0) is 24.1 Å². The summed E-state index contributed by atoms with van der Waals surface area (Å²) in [7, 11) is 0. The smallest absolute Gasteiger partial charge is 0.159 e. The lowest BCUT2D eigenvalue weighted by Gasteiger charge is -2.23. The third-order valence-corrected chi connectivity index (χ3v) is 3.96. The Morgan fingerprint density at radius 3 is 2.86 bits per heavy atom. The van der Waals surface area contributed by atoms with Gasteiger partial charge in [0.25, 0.3) is 0 Å². The summed E-state index contributed by atoms with van der Waals surface area (Å²) >= 11 is 0. The lowest BCUT2D eigenvalue weighted by molar-refractivity contribution is 0.171. The van der Waals surface area contributed by atoms with Crippen molar-refractivity contribution in [2.75, 3.05) is 6.54 Å². The lowest BCUT2D eigenvalue weighted by atomic mass is 10.0. The molecule has 0 saturated carbocycles. The van der Waals surface area contributed by atoms with Crippen LogP contribution in [0.1, 0.15) is 36.6 Å². The molecule has 0 bridgehead atoms. The van der Waals surface area contributed by atoms with Crippen molar-refractivity contribution >= 4 is 0 Å². The van der Waals surface area contributed by atoms with Crippen molar-refractivity contribution in [3.05, 3.63) is 47.0 Å². The molecule has 1 aliphatic heterocycles. The Morgan fingerprint density at radius 2 is 2.18 bits per heavy atom. The first kappa shape index (κ1) is 15.1. The van der Waals surface area contributed by atoms with Gasteiger partial charge in [0.05, 0.1) is 12.6 Å². The zero-order valence-corrected chi connectivity index (χ0v) is 12.3. The second kappa shape index (κ2) is 6.10. The number of aromatic amines is 1. The molecule has 2 aromatic rings. The minimum Gasteiger partial charge on any atom is -0.392 e. The SMILES string of the molecule is CCc1n[nH]c(CN2C[C@H](O)C[C@@H]2c2ccc(F)c(F)c2)n1. The molecule has 0 radical (unpaired) electrons. The standard InChI is InChI=1S/C15H18F2N4O/c1-2-14-18-15(20-19-14)8-21-7-10(22)6-13(21)9-3-4-11(16)12(17)5-9/h3-5,10,13,22H,2,6-8H2,1H3,(H,18,19,20)/t10-,13-/m1/s1. The van der Waals surface area contributed by atoms with Crippen molar-refractivity contribution in [3.8, 4) is 0 Å². The fourth-order valence-electron chi connectivity index (χ4n) is 2.88. The van der Waals surface area contributed by atoms with Gasteiger partial charge in [-0.15, -0.1) is 0 Å². The molecule has 22 heavy (non-hydrogen) atoms. The molecule has 2 heterocycles. The zero-order chi connectivity index (χ0) is 15.7. The van der Waals surface area contributed by atoms with E-state index in [9.17, 15) is 13.9 Å². The zero-order valence-electron chi connectivity index (χ0n) is 12.3. The van der Waals surface area contributed by atoms with E-state index in [0.29, 0.717) is 30.9 Å². The van der Waals surface area contributed by atoms with E-state index in [1.807, 2.05) is 11.8 Å². The summed E-state index contributed by atoms with van der Waals surface area (Å²) in [6, 6.07) is 3.71. The lowest BCUT2D eigenvalue weighted by Crippen LogP contribution is -2.25. The highest BCUT2D eigenvalue weighted by atomic mass is 19.2.